The van der Waals surface area contributed by atoms with Crippen molar-refractivity contribution >= 4 is 29.5 Å². The summed E-state index contributed by atoms with van der Waals surface area (Å²) in [5.74, 6) is -1.46. The standard InChI is InChI=1S/C15H14N2O3S/c1-9-5-6-10(21-2)8-12(9)14(18)17-13-11(15(19)20)4-3-7-16-13/h3-8H,1-2H3,(H,19,20)(H,16,17,18). The monoisotopic (exact) mass is 302 g/mol. The first-order valence-corrected chi connectivity index (χ1v) is 7.39. The van der Waals surface area contributed by atoms with Crippen molar-refractivity contribution in [1.29, 1.82) is 0 Å². The molecule has 2 rings (SSSR count). The number of hydrogen-bond donors (Lipinski definition) is 2. The fourth-order valence-electron chi connectivity index (χ4n) is 1.83. The highest BCUT2D eigenvalue weighted by atomic mass is 32.2. The molecule has 0 aliphatic rings. The van der Waals surface area contributed by atoms with Gasteiger partial charge >= 0.3 is 5.97 Å². The van der Waals surface area contributed by atoms with Gasteiger partial charge in [-0.25, -0.2) is 9.78 Å². The summed E-state index contributed by atoms with van der Waals surface area (Å²) in [6.45, 7) is 1.83. The van der Waals surface area contributed by atoms with Crippen LogP contribution in [0.25, 0.3) is 0 Å². The maximum absolute atomic E-state index is 12.3. The van der Waals surface area contributed by atoms with Gasteiger partial charge in [0.15, 0.2) is 0 Å². The molecule has 0 saturated heterocycles. The molecular formula is C15H14N2O3S. The van der Waals surface area contributed by atoms with E-state index in [2.05, 4.69) is 10.3 Å². The van der Waals surface area contributed by atoms with E-state index < -0.39 is 5.97 Å². The van der Waals surface area contributed by atoms with Crippen LogP contribution >= 0.6 is 11.8 Å². The van der Waals surface area contributed by atoms with Crippen molar-refractivity contribution in [2.24, 2.45) is 0 Å². The first-order valence-electron chi connectivity index (χ1n) is 6.17. The van der Waals surface area contributed by atoms with Gasteiger partial charge in [0.2, 0.25) is 0 Å². The summed E-state index contributed by atoms with van der Waals surface area (Å²) in [5, 5.41) is 11.7. The molecule has 1 amide bonds. The smallest absolute Gasteiger partial charge is 0.339 e. The highest BCUT2D eigenvalue weighted by Gasteiger charge is 2.16. The van der Waals surface area contributed by atoms with E-state index >= 15 is 0 Å². The first kappa shape index (κ1) is 15.1. The number of hydrogen-bond acceptors (Lipinski definition) is 4. The Morgan fingerprint density at radius 3 is 2.67 bits per heavy atom. The second-order valence-electron chi connectivity index (χ2n) is 4.34. The Bertz CT molecular complexity index is 701. The van der Waals surface area contributed by atoms with Crippen molar-refractivity contribution in [3.63, 3.8) is 0 Å². The number of rotatable bonds is 4. The van der Waals surface area contributed by atoms with Crippen molar-refractivity contribution in [3.05, 3.63) is 53.2 Å². The summed E-state index contributed by atoms with van der Waals surface area (Å²) >= 11 is 1.53. The number of thioether (sulfide) groups is 1. The largest absolute Gasteiger partial charge is 0.478 e. The molecule has 6 heteroatoms. The second kappa shape index (κ2) is 6.41. The van der Waals surface area contributed by atoms with Gasteiger partial charge in [-0.1, -0.05) is 6.07 Å². The van der Waals surface area contributed by atoms with Crippen LogP contribution in [0.3, 0.4) is 0 Å². The highest BCUT2D eigenvalue weighted by Crippen LogP contribution is 2.20. The summed E-state index contributed by atoms with van der Waals surface area (Å²) in [5.41, 5.74) is 1.28. The van der Waals surface area contributed by atoms with Crippen LogP contribution < -0.4 is 5.32 Å². The minimum Gasteiger partial charge on any atom is -0.478 e. The molecule has 1 aromatic carbocycles. The van der Waals surface area contributed by atoms with E-state index in [9.17, 15) is 9.59 Å². The Labute approximate surface area is 126 Å². The number of aromatic nitrogens is 1. The normalized spacial score (nSPS) is 10.2. The van der Waals surface area contributed by atoms with E-state index in [1.165, 1.54) is 30.1 Å². The summed E-state index contributed by atoms with van der Waals surface area (Å²) in [6.07, 6.45) is 3.36. The van der Waals surface area contributed by atoms with Crippen LogP contribution in [0.1, 0.15) is 26.3 Å². The molecule has 0 saturated carbocycles. The zero-order valence-corrected chi connectivity index (χ0v) is 12.4. The summed E-state index contributed by atoms with van der Waals surface area (Å²) in [6, 6.07) is 8.48. The third-order valence-electron chi connectivity index (χ3n) is 2.96. The molecule has 108 valence electrons. The molecule has 2 aromatic rings. The van der Waals surface area contributed by atoms with Gasteiger partial charge in [-0.2, -0.15) is 0 Å². The molecule has 1 aromatic heterocycles. The van der Waals surface area contributed by atoms with Crippen LogP contribution in [0.5, 0.6) is 0 Å². The number of carbonyl (C=O) groups excluding carboxylic acids is 1. The minimum absolute atomic E-state index is 0.0375. The third-order valence-corrected chi connectivity index (χ3v) is 3.68. The number of carbonyl (C=O) groups is 2. The van der Waals surface area contributed by atoms with Gasteiger partial charge in [0.05, 0.1) is 0 Å². The number of pyridine rings is 1. The van der Waals surface area contributed by atoms with Crippen LogP contribution in [-0.4, -0.2) is 28.2 Å². The number of nitrogens with one attached hydrogen (secondary N) is 1. The van der Waals surface area contributed by atoms with Gasteiger partial charge in [-0.05, 0) is 43.0 Å². The van der Waals surface area contributed by atoms with Gasteiger partial charge < -0.3 is 10.4 Å². The quantitative estimate of drug-likeness (QED) is 0.849. The minimum atomic E-state index is -1.13. The average Bonchev–Trinajstić information content (AvgIpc) is 2.48. The summed E-state index contributed by atoms with van der Waals surface area (Å²) < 4.78 is 0. The van der Waals surface area contributed by atoms with E-state index in [1.54, 1.807) is 6.07 Å². The van der Waals surface area contributed by atoms with Crippen LogP contribution in [0, 0.1) is 6.92 Å². The lowest BCUT2D eigenvalue weighted by Gasteiger charge is -2.10. The Hall–Kier alpha value is -2.34. The molecule has 2 N–H and O–H groups in total. The van der Waals surface area contributed by atoms with Gasteiger partial charge in [-0.3, -0.25) is 4.79 Å². The Kier molecular flexibility index (Phi) is 4.59. The van der Waals surface area contributed by atoms with Crippen molar-refractivity contribution in [2.45, 2.75) is 11.8 Å². The second-order valence-corrected chi connectivity index (χ2v) is 5.22. The molecule has 0 bridgehead atoms. The maximum atomic E-state index is 12.3. The van der Waals surface area contributed by atoms with E-state index in [0.29, 0.717) is 5.56 Å². The van der Waals surface area contributed by atoms with Crippen LogP contribution in [-0.2, 0) is 0 Å². The number of carboxylic acid groups (broad SMARTS) is 1. The first-order chi connectivity index (χ1) is 10.0. The zero-order valence-electron chi connectivity index (χ0n) is 11.6. The lowest BCUT2D eigenvalue weighted by atomic mass is 10.1. The molecule has 0 atom stereocenters. The topological polar surface area (TPSA) is 79.3 Å². The fraction of sp³-hybridized carbons (Fsp3) is 0.133. The Morgan fingerprint density at radius 1 is 1.24 bits per heavy atom. The lowest BCUT2D eigenvalue weighted by molar-refractivity contribution is 0.0697. The van der Waals surface area contributed by atoms with Gasteiger partial charge in [0.25, 0.3) is 5.91 Å². The SMILES string of the molecule is CSc1ccc(C)c(C(=O)Nc2ncccc2C(=O)O)c1. The van der Waals surface area contributed by atoms with E-state index in [4.69, 9.17) is 5.11 Å². The summed E-state index contributed by atoms with van der Waals surface area (Å²) in [4.78, 5) is 28.3. The predicted molar refractivity (Wildman–Crippen MR) is 82.1 cm³/mol. The zero-order chi connectivity index (χ0) is 15.4. The molecule has 1 heterocycles. The van der Waals surface area contributed by atoms with Gasteiger partial charge in [0.1, 0.15) is 11.4 Å². The van der Waals surface area contributed by atoms with Crippen LogP contribution in [0.2, 0.25) is 0 Å². The molecular weight excluding hydrogens is 288 g/mol. The number of anilines is 1. The summed E-state index contributed by atoms with van der Waals surface area (Å²) in [7, 11) is 0. The number of aromatic carboxylic acids is 1. The van der Waals surface area contributed by atoms with Gasteiger partial charge in [-0.15, -0.1) is 11.8 Å². The van der Waals surface area contributed by atoms with Crippen LogP contribution in [0.4, 0.5) is 5.82 Å². The van der Waals surface area contributed by atoms with Crippen molar-refractivity contribution in [2.75, 3.05) is 11.6 Å². The van der Waals surface area contributed by atoms with E-state index in [1.807, 2.05) is 25.3 Å². The number of benzene rings is 1. The molecule has 0 radical (unpaired) electrons. The number of amides is 1. The molecule has 0 fully saturated rings. The molecule has 5 nitrogen and oxygen atoms in total. The Balaban J connectivity index is 2.33. The van der Waals surface area contributed by atoms with E-state index in [-0.39, 0.29) is 17.3 Å². The average molecular weight is 302 g/mol. The van der Waals surface area contributed by atoms with Crippen molar-refractivity contribution in [1.82, 2.24) is 4.98 Å². The van der Waals surface area contributed by atoms with Crippen molar-refractivity contribution < 1.29 is 14.7 Å². The van der Waals surface area contributed by atoms with Crippen LogP contribution in [0.15, 0.2) is 41.4 Å². The third kappa shape index (κ3) is 3.41. The number of nitrogens with zero attached hydrogens (tertiary/aromatic N) is 1. The van der Waals surface area contributed by atoms with Gasteiger partial charge in [0, 0.05) is 16.7 Å². The molecule has 21 heavy (non-hydrogen) atoms. The fourth-order valence-corrected chi connectivity index (χ4v) is 2.26. The highest BCUT2D eigenvalue weighted by molar-refractivity contribution is 7.98. The van der Waals surface area contributed by atoms with Crippen molar-refractivity contribution in [3.8, 4) is 0 Å². The molecule has 0 aliphatic heterocycles. The predicted octanol–water partition coefficient (Wildman–Crippen LogP) is 3.06. The number of carboxylic acids is 1. The maximum Gasteiger partial charge on any atom is 0.339 e. The number of aryl methyl sites for hydroxylation is 1. The molecule has 0 unspecified atom stereocenters. The Morgan fingerprint density at radius 2 is 2.00 bits per heavy atom. The van der Waals surface area contributed by atoms with E-state index in [0.717, 1.165) is 10.5 Å². The molecule has 0 aliphatic carbocycles. The lowest BCUT2D eigenvalue weighted by Crippen LogP contribution is -2.17. The molecule has 0 spiro atoms.